The monoisotopic (exact) mass is 191 g/mol. The summed E-state index contributed by atoms with van der Waals surface area (Å²) < 4.78 is 5.10. The second-order valence-corrected chi connectivity index (χ2v) is 2.69. The summed E-state index contributed by atoms with van der Waals surface area (Å²) in [5.74, 6) is 0.813. The SMILES string of the molecule is C=O.CC.NCOCC1CCCC1.[HH]. The van der Waals surface area contributed by atoms with Crippen molar-refractivity contribution >= 4 is 6.79 Å². The summed E-state index contributed by atoms with van der Waals surface area (Å²) in [6, 6.07) is 0. The first-order chi connectivity index (χ1) is 6.43. The van der Waals surface area contributed by atoms with E-state index in [2.05, 4.69) is 0 Å². The van der Waals surface area contributed by atoms with Crippen LogP contribution in [0.25, 0.3) is 0 Å². The second kappa shape index (κ2) is 14.1. The van der Waals surface area contributed by atoms with Gasteiger partial charge in [0.2, 0.25) is 0 Å². The number of carbonyl (C=O) groups excluding carboxylic acids is 1. The molecule has 0 aromatic rings. The van der Waals surface area contributed by atoms with Crippen molar-refractivity contribution in [2.24, 2.45) is 11.7 Å². The zero-order valence-electron chi connectivity index (χ0n) is 8.92. The van der Waals surface area contributed by atoms with Gasteiger partial charge in [-0.2, -0.15) is 0 Å². The molecule has 3 heteroatoms. The van der Waals surface area contributed by atoms with Crippen LogP contribution < -0.4 is 5.73 Å². The molecule has 0 spiro atoms. The Morgan fingerprint density at radius 1 is 1.38 bits per heavy atom. The van der Waals surface area contributed by atoms with E-state index in [9.17, 15) is 0 Å². The molecule has 0 atom stereocenters. The van der Waals surface area contributed by atoms with Gasteiger partial charge in [0.1, 0.15) is 6.79 Å². The van der Waals surface area contributed by atoms with Crippen LogP contribution >= 0.6 is 0 Å². The summed E-state index contributed by atoms with van der Waals surface area (Å²) in [7, 11) is 0. The maximum Gasteiger partial charge on any atom is 0.106 e. The molecule has 2 N–H and O–H groups in total. The van der Waals surface area contributed by atoms with Gasteiger partial charge in [-0.05, 0) is 18.8 Å². The summed E-state index contributed by atoms with van der Waals surface area (Å²) >= 11 is 0. The van der Waals surface area contributed by atoms with Crippen molar-refractivity contribution in [1.29, 1.82) is 0 Å². The van der Waals surface area contributed by atoms with Crippen molar-refractivity contribution in [3.63, 3.8) is 0 Å². The molecule has 13 heavy (non-hydrogen) atoms. The van der Waals surface area contributed by atoms with Gasteiger partial charge in [-0.15, -0.1) is 0 Å². The number of hydrogen-bond donors (Lipinski definition) is 1. The van der Waals surface area contributed by atoms with Gasteiger partial charge in [0.25, 0.3) is 0 Å². The van der Waals surface area contributed by atoms with Crippen LogP contribution in [0.5, 0.6) is 0 Å². The highest BCUT2D eigenvalue weighted by molar-refractivity contribution is 5.10. The van der Waals surface area contributed by atoms with Crippen LogP contribution in [-0.2, 0) is 9.53 Å². The Morgan fingerprint density at radius 2 is 1.85 bits per heavy atom. The Balaban J connectivity index is -0.000000216. The Labute approximate surface area is 83.1 Å². The highest BCUT2D eigenvalue weighted by Gasteiger charge is 2.13. The average Bonchev–Trinajstić information content (AvgIpc) is 2.73. The summed E-state index contributed by atoms with van der Waals surface area (Å²) in [6.07, 6.45) is 5.47. The smallest absolute Gasteiger partial charge is 0.106 e. The molecule has 82 valence electrons. The largest absolute Gasteiger partial charge is 0.366 e. The molecule has 0 bridgehead atoms. The Bertz CT molecular complexity index is 88.2. The van der Waals surface area contributed by atoms with E-state index < -0.39 is 0 Å². The highest BCUT2D eigenvalue weighted by Crippen LogP contribution is 2.24. The van der Waals surface area contributed by atoms with Crippen molar-refractivity contribution in [3.8, 4) is 0 Å². The maximum absolute atomic E-state index is 8.00. The molecule has 0 aromatic heterocycles. The molecule has 0 aliphatic heterocycles. The van der Waals surface area contributed by atoms with Gasteiger partial charge in [-0.25, -0.2) is 0 Å². The van der Waals surface area contributed by atoms with E-state index in [1.807, 2.05) is 20.6 Å². The molecule has 1 saturated carbocycles. The lowest BCUT2D eigenvalue weighted by molar-refractivity contribution is -0.0979. The van der Waals surface area contributed by atoms with E-state index in [-0.39, 0.29) is 1.43 Å². The van der Waals surface area contributed by atoms with Gasteiger partial charge in [-0.3, -0.25) is 0 Å². The highest BCUT2D eigenvalue weighted by atomic mass is 16.5. The predicted molar refractivity (Wildman–Crippen MR) is 57.5 cm³/mol. The number of ether oxygens (including phenoxy) is 1. The minimum absolute atomic E-state index is 0. The molecule has 0 unspecified atom stereocenters. The van der Waals surface area contributed by atoms with E-state index in [0.29, 0.717) is 6.73 Å². The first kappa shape index (κ1) is 15.1. The van der Waals surface area contributed by atoms with Crippen molar-refractivity contribution in [3.05, 3.63) is 0 Å². The van der Waals surface area contributed by atoms with Gasteiger partial charge < -0.3 is 15.3 Å². The average molecular weight is 191 g/mol. The molecule has 0 saturated heterocycles. The van der Waals surface area contributed by atoms with Crippen LogP contribution in [-0.4, -0.2) is 20.1 Å². The van der Waals surface area contributed by atoms with Crippen LogP contribution in [0.2, 0.25) is 0 Å². The molecule has 3 nitrogen and oxygen atoms in total. The van der Waals surface area contributed by atoms with Crippen molar-refractivity contribution in [2.45, 2.75) is 39.5 Å². The van der Waals surface area contributed by atoms with Gasteiger partial charge in [0, 0.05) is 1.43 Å². The topological polar surface area (TPSA) is 52.3 Å². The van der Waals surface area contributed by atoms with E-state index in [0.717, 1.165) is 12.5 Å². The fraction of sp³-hybridized carbons (Fsp3) is 0.900. The molecule has 0 amide bonds. The quantitative estimate of drug-likeness (QED) is 0.696. The maximum atomic E-state index is 8.00. The molecular formula is C10H25NO2. The molecular weight excluding hydrogens is 166 g/mol. The molecule has 1 aliphatic carbocycles. The van der Waals surface area contributed by atoms with Gasteiger partial charge in [-0.1, -0.05) is 26.7 Å². The third-order valence-electron chi connectivity index (χ3n) is 1.95. The van der Waals surface area contributed by atoms with E-state index in [1.165, 1.54) is 25.7 Å². The minimum atomic E-state index is 0. The van der Waals surface area contributed by atoms with Crippen molar-refractivity contribution in [2.75, 3.05) is 13.3 Å². The standard InChI is InChI=1S/C7H15NO.C2H6.CH2O.H2/c8-6-9-5-7-3-1-2-4-7;2*1-2;/h7H,1-6,8H2;1-2H3;1H2;1H. The van der Waals surface area contributed by atoms with Crippen LogP contribution in [0.1, 0.15) is 41.0 Å². The fourth-order valence-electron chi connectivity index (χ4n) is 1.41. The van der Waals surface area contributed by atoms with Gasteiger partial charge in [0.05, 0.1) is 13.3 Å². The lowest BCUT2D eigenvalue weighted by Gasteiger charge is -2.06. The third-order valence-corrected chi connectivity index (χ3v) is 1.95. The third kappa shape index (κ3) is 9.50. The summed E-state index contributed by atoms with van der Waals surface area (Å²) in [5.41, 5.74) is 5.18. The van der Waals surface area contributed by atoms with Gasteiger partial charge >= 0.3 is 0 Å². The van der Waals surface area contributed by atoms with Crippen LogP contribution in [0, 0.1) is 5.92 Å². The zero-order chi connectivity index (χ0) is 10.5. The van der Waals surface area contributed by atoms with Crippen LogP contribution in [0.15, 0.2) is 0 Å². The first-order valence-electron chi connectivity index (χ1n) is 5.00. The Kier molecular flexibility index (Phi) is 16.4. The van der Waals surface area contributed by atoms with Gasteiger partial charge in [0.15, 0.2) is 0 Å². The molecule has 0 heterocycles. The summed E-state index contributed by atoms with van der Waals surface area (Å²) in [5, 5.41) is 0. The fourth-order valence-corrected chi connectivity index (χ4v) is 1.41. The zero-order valence-corrected chi connectivity index (χ0v) is 8.92. The molecule has 0 radical (unpaired) electrons. The number of carbonyl (C=O) groups is 1. The Morgan fingerprint density at radius 3 is 2.23 bits per heavy atom. The summed E-state index contributed by atoms with van der Waals surface area (Å²) in [6.45, 7) is 7.27. The molecule has 0 aromatic carbocycles. The lowest BCUT2D eigenvalue weighted by Crippen LogP contribution is -2.11. The molecule has 1 aliphatic rings. The minimum Gasteiger partial charge on any atom is -0.366 e. The number of nitrogens with two attached hydrogens (primary N) is 1. The van der Waals surface area contributed by atoms with Crippen LogP contribution in [0.3, 0.4) is 0 Å². The van der Waals surface area contributed by atoms with E-state index >= 15 is 0 Å². The van der Waals surface area contributed by atoms with Crippen molar-refractivity contribution in [1.82, 2.24) is 0 Å². The van der Waals surface area contributed by atoms with E-state index in [1.54, 1.807) is 0 Å². The lowest BCUT2D eigenvalue weighted by atomic mass is 10.1. The molecule has 1 rings (SSSR count). The molecule has 1 fully saturated rings. The first-order valence-corrected chi connectivity index (χ1v) is 5.00. The number of hydrogen-bond acceptors (Lipinski definition) is 3. The normalized spacial score (nSPS) is 15.3. The second-order valence-electron chi connectivity index (χ2n) is 2.69. The predicted octanol–water partition coefficient (Wildman–Crippen LogP) is 2.20. The van der Waals surface area contributed by atoms with Crippen LogP contribution in [0.4, 0.5) is 0 Å². The Hall–Kier alpha value is -0.410. The van der Waals surface area contributed by atoms with E-state index in [4.69, 9.17) is 15.3 Å². The van der Waals surface area contributed by atoms with Crippen molar-refractivity contribution < 1.29 is 11.0 Å². The number of rotatable bonds is 3. The summed E-state index contributed by atoms with van der Waals surface area (Å²) in [4.78, 5) is 8.00.